The van der Waals surface area contributed by atoms with Crippen molar-refractivity contribution < 1.29 is 0 Å². The SMILES string of the molecule is CCNC(=NCCCCN1CCCC(C)C1)N1CCCC1.I. The maximum Gasteiger partial charge on any atom is 0.193 e. The van der Waals surface area contributed by atoms with Crippen LogP contribution in [0.1, 0.15) is 52.4 Å². The average Bonchev–Trinajstić information content (AvgIpc) is 3.00. The van der Waals surface area contributed by atoms with E-state index in [-0.39, 0.29) is 24.0 Å². The second-order valence-corrected chi connectivity index (χ2v) is 6.68. The van der Waals surface area contributed by atoms with Gasteiger partial charge in [-0.25, -0.2) is 0 Å². The fourth-order valence-electron chi connectivity index (χ4n) is 3.48. The Balaban J connectivity index is 0.00000242. The lowest BCUT2D eigenvalue weighted by Crippen LogP contribution is -2.39. The first-order valence-corrected chi connectivity index (χ1v) is 9.05. The highest BCUT2D eigenvalue weighted by Gasteiger charge is 2.16. The van der Waals surface area contributed by atoms with E-state index in [9.17, 15) is 0 Å². The highest BCUT2D eigenvalue weighted by atomic mass is 127. The molecule has 2 aliphatic heterocycles. The normalized spacial score (nSPS) is 23.5. The van der Waals surface area contributed by atoms with Crippen molar-refractivity contribution in [1.29, 1.82) is 0 Å². The number of nitrogens with zero attached hydrogens (tertiary/aromatic N) is 3. The summed E-state index contributed by atoms with van der Waals surface area (Å²) in [6.07, 6.45) is 7.94. The largest absolute Gasteiger partial charge is 0.357 e. The summed E-state index contributed by atoms with van der Waals surface area (Å²) in [7, 11) is 0. The second kappa shape index (κ2) is 11.5. The molecule has 0 aromatic rings. The fourth-order valence-corrected chi connectivity index (χ4v) is 3.48. The predicted octanol–water partition coefficient (Wildman–Crippen LogP) is 3.18. The van der Waals surface area contributed by atoms with Crippen molar-refractivity contribution >= 4 is 29.9 Å². The number of hydrogen-bond acceptors (Lipinski definition) is 2. The van der Waals surface area contributed by atoms with Crippen LogP contribution in [0.2, 0.25) is 0 Å². The highest BCUT2D eigenvalue weighted by Crippen LogP contribution is 2.15. The lowest BCUT2D eigenvalue weighted by molar-refractivity contribution is 0.181. The number of halogens is 1. The Morgan fingerprint density at radius 3 is 2.59 bits per heavy atom. The van der Waals surface area contributed by atoms with Gasteiger partial charge in [0.15, 0.2) is 5.96 Å². The van der Waals surface area contributed by atoms with Gasteiger partial charge in [-0.05, 0) is 64.5 Å². The van der Waals surface area contributed by atoms with Gasteiger partial charge in [0.1, 0.15) is 0 Å². The predicted molar refractivity (Wildman–Crippen MR) is 106 cm³/mol. The summed E-state index contributed by atoms with van der Waals surface area (Å²) in [5.74, 6) is 2.04. The lowest BCUT2D eigenvalue weighted by atomic mass is 10.0. The monoisotopic (exact) mass is 422 g/mol. The molecule has 0 aromatic carbocycles. The fraction of sp³-hybridized carbons (Fsp3) is 0.941. The van der Waals surface area contributed by atoms with E-state index in [4.69, 9.17) is 4.99 Å². The summed E-state index contributed by atoms with van der Waals surface area (Å²) < 4.78 is 0. The van der Waals surface area contributed by atoms with Crippen LogP contribution in [-0.4, -0.2) is 61.6 Å². The molecule has 22 heavy (non-hydrogen) atoms. The molecule has 0 radical (unpaired) electrons. The van der Waals surface area contributed by atoms with Gasteiger partial charge in [-0.2, -0.15) is 0 Å². The zero-order valence-corrected chi connectivity index (χ0v) is 16.8. The topological polar surface area (TPSA) is 30.9 Å². The van der Waals surface area contributed by atoms with Gasteiger partial charge in [0, 0.05) is 32.7 Å². The Morgan fingerprint density at radius 1 is 1.14 bits per heavy atom. The quantitative estimate of drug-likeness (QED) is 0.309. The Hall–Kier alpha value is -0.0400. The molecule has 1 unspecified atom stereocenters. The van der Waals surface area contributed by atoms with Gasteiger partial charge in [0.25, 0.3) is 0 Å². The van der Waals surface area contributed by atoms with Crippen LogP contribution in [0.3, 0.4) is 0 Å². The number of rotatable bonds is 6. The van der Waals surface area contributed by atoms with E-state index < -0.39 is 0 Å². The van der Waals surface area contributed by atoms with Gasteiger partial charge in [0.2, 0.25) is 0 Å². The van der Waals surface area contributed by atoms with Gasteiger partial charge in [-0.15, -0.1) is 24.0 Å². The number of unbranched alkanes of at least 4 members (excludes halogenated alkanes) is 1. The summed E-state index contributed by atoms with van der Waals surface area (Å²) in [4.78, 5) is 9.86. The van der Waals surface area contributed by atoms with Crippen molar-refractivity contribution in [1.82, 2.24) is 15.1 Å². The third kappa shape index (κ3) is 7.02. The lowest BCUT2D eigenvalue weighted by Gasteiger charge is -2.30. The first-order chi connectivity index (χ1) is 10.3. The summed E-state index contributed by atoms with van der Waals surface area (Å²) in [5, 5.41) is 3.44. The molecule has 2 heterocycles. The van der Waals surface area contributed by atoms with Crippen LogP contribution in [0.5, 0.6) is 0 Å². The van der Waals surface area contributed by atoms with Crippen LogP contribution in [0, 0.1) is 5.92 Å². The molecule has 130 valence electrons. The molecule has 2 saturated heterocycles. The number of piperidine rings is 1. The summed E-state index contributed by atoms with van der Waals surface area (Å²) in [6.45, 7) is 12.7. The van der Waals surface area contributed by atoms with Crippen LogP contribution in [0.15, 0.2) is 4.99 Å². The maximum atomic E-state index is 4.81. The molecule has 0 amide bonds. The molecule has 0 aromatic heterocycles. The smallest absolute Gasteiger partial charge is 0.193 e. The maximum absolute atomic E-state index is 4.81. The first kappa shape index (κ1) is 20.0. The number of aliphatic imine (C=N–C) groups is 1. The molecule has 2 aliphatic rings. The van der Waals surface area contributed by atoms with Gasteiger partial charge in [-0.1, -0.05) is 6.92 Å². The molecular formula is C17H35IN4. The number of likely N-dealkylation sites (tertiary alicyclic amines) is 2. The Labute approximate surface area is 154 Å². The van der Waals surface area contributed by atoms with E-state index in [0.29, 0.717) is 0 Å². The molecule has 0 saturated carbocycles. The van der Waals surface area contributed by atoms with Crippen molar-refractivity contribution in [3.63, 3.8) is 0 Å². The van der Waals surface area contributed by atoms with Gasteiger partial charge < -0.3 is 15.1 Å². The Bertz CT molecular complexity index is 316. The van der Waals surface area contributed by atoms with E-state index in [2.05, 4.69) is 29.0 Å². The van der Waals surface area contributed by atoms with E-state index in [1.54, 1.807) is 0 Å². The first-order valence-electron chi connectivity index (χ1n) is 9.05. The molecule has 2 rings (SSSR count). The van der Waals surface area contributed by atoms with Crippen LogP contribution >= 0.6 is 24.0 Å². The molecule has 2 fully saturated rings. The van der Waals surface area contributed by atoms with E-state index in [1.165, 1.54) is 71.2 Å². The molecule has 1 atom stereocenters. The van der Waals surface area contributed by atoms with Crippen molar-refractivity contribution in [2.45, 2.75) is 52.4 Å². The van der Waals surface area contributed by atoms with E-state index in [1.807, 2.05) is 0 Å². The second-order valence-electron chi connectivity index (χ2n) is 6.68. The Morgan fingerprint density at radius 2 is 1.91 bits per heavy atom. The highest BCUT2D eigenvalue weighted by molar-refractivity contribution is 14.0. The summed E-state index contributed by atoms with van der Waals surface area (Å²) in [5.41, 5.74) is 0. The van der Waals surface area contributed by atoms with Crippen molar-refractivity contribution in [2.75, 3.05) is 45.8 Å². The minimum Gasteiger partial charge on any atom is -0.357 e. The summed E-state index contributed by atoms with van der Waals surface area (Å²) in [6, 6.07) is 0. The van der Waals surface area contributed by atoms with Crippen LogP contribution in [0.25, 0.3) is 0 Å². The Kier molecular flexibility index (Phi) is 10.4. The van der Waals surface area contributed by atoms with Gasteiger partial charge in [-0.3, -0.25) is 4.99 Å². The minimum atomic E-state index is 0. The van der Waals surface area contributed by atoms with Crippen LogP contribution in [0.4, 0.5) is 0 Å². The zero-order chi connectivity index (χ0) is 14.9. The zero-order valence-electron chi connectivity index (χ0n) is 14.5. The third-order valence-electron chi connectivity index (χ3n) is 4.63. The van der Waals surface area contributed by atoms with Crippen molar-refractivity contribution in [3.8, 4) is 0 Å². The molecular weight excluding hydrogens is 387 g/mol. The van der Waals surface area contributed by atoms with Crippen LogP contribution < -0.4 is 5.32 Å². The average molecular weight is 422 g/mol. The standard InChI is InChI=1S/C17H34N4.HI/c1-3-18-17(21-13-6-7-14-21)19-10-4-5-11-20-12-8-9-16(2)15-20;/h16H,3-15H2,1-2H3,(H,18,19);1H. The molecule has 0 bridgehead atoms. The van der Waals surface area contributed by atoms with Crippen molar-refractivity contribution in [2.24, 2.45) is 10.9 Å². The number of hydrogen-bond donors (Lipinski definition) is 1. The molecule has 0 aliphatic carbocycles. The number of guanidine groups is 1. The minimum absolute atomic E-state index is 0. The summed E-state index contributed by atoms with van der Waals surface area (Å²) >= 11 is 0. The molecule has 0 spiro atoms. The van der Waals surface area contributed by atoms with Gasteiger partial charge in [0.05, 0.1) is 0 Å². The van der Waals surface area contributed by atoms with Gasteiger partial charge >= 0.3 is 0 Å². The van der Waals surface area contributed by atoms with Crippen molar-refractivity contribution in [3.05, 3.63) is 0 Å². The van der Waals surface area contributed by atoms with E-state index in [0.717, 1.165) is 25.0 Å². The third-order valence-corrected chi connectivity index (χ3v) is 4.63. The molecule has 5 heteroatoms. The molecule has 1 N–H and O–H groups in total. The number of nitrogens with one attached hydrogen (secondary N) is 1. The molecule has 4 nitrogen and oxygen atoms in total. The van der Waals surface area contributed by atoms with E-state index >= 15 is 0 Å². The van der Waals surface area contributed by atoms with Crippen LogP contribution in [-0.2, 0) is 0 Å².